The zero-order chi connectivity index (χ0) is 13.3. The van der Waals surface area contributed by atoms with E-state index in [9.17, 15) is 14.5 Å². The van der Waals surface area contributed by atoms with Crippen LogP contribution in [0.15, 0.2) is 5.18 Å². The summed E-state index contributed by atoms with van der Waals surface area (Å²) in [6, 6.07) is 0.120. The number of carbonyl (C=O) groups excluding carboxylic acids is 2. The molecule has 2 aliphatic rings. The van der Waals surface area contributed by atoms with E-state index in [1.807, 2.05) is 4.90 Å². The van der Waals surface area contributed by atoms with Crippen LogP contribution in [-0.4, -0.2) is 60.5 Å². The van der Waals surface area contributed by atoms with Gasteiger partial charge in [-0.2, -0.15) is 0 Å². The highest BCUT2D eigenvalue weighted by Gasteiger charge is 2.42. The molecule has 2 heterocycles. The summed E-state index contributed by atoms with van der Waals surface area (Å²) in [5.41, 5.74) is -0.917. The van der Waals surface area contributed by atoms with Crippen LogP contribution >= 0.6 is 0 Å². The third-order valence-corrected chi connectivity index (χ3v) is 3.55. The average molecular weight is 254 g/mol. The number of hydrogen-bond donors (Lipinski definition) is 1. The van der Waals surface area contributed by atoms with Gasteiger partial charge in [-0.1, -0.05) is 0 Å². The Morgan fingerprint density at radius 2 is 2.28 bits per heavy atom. The third kappa shape index (κ3) is 2.22. The van der Waals surface area contributed by atoms with Crippen molar-refractivity contribution in [3.05, 3.63) is 4.91 Å². The number of nitroso groups, excluding NO2 is 1. The van der Waals surface area contributed by atoms with Gasteiger partial charge in [0.2, 0.25) is 0 Å². The topological polar surface area (TPSA) is 82.1 Å². The molecule has 0 radical (unpaired) electrons. The summed E-state index contributed by atoms with van der Waals surface area (Å²) in [5.74, 6) is -0.710. The summed E-state index contributed by atoms with van der Waals surface area (Å²) in [6.07, 6.45) is 0. The van der Waals surface area contributed by atoms with Crippen molar-refractivity contribution >= 4 is 11.9 Å². The number of hydrogen-bond acceptors (Lipinski definition) is 4. The maximum atomic E-state index is 12.1. The molecule has 0 aromatic rings. The van der Waals surface area contributed by atoms with E-state index < -0.39 is 11.3 Å². The third-order valence-electron chi connectivity index (χ3n) is 3.55. The van der Waals surface area contributed by atoms with E-state index in [2.05, 4.69) is 10.5 Å². The molecule has 1 atom stereocenters. The standard InChI is InChI=1S/C11H18N4O3/c1-11(2,9(16)13-18)7-14-6-8-5-12-3-4-15(8)10(14)17/h8,12H,3-7H2,1-2H3/t8-/m0/s1. The van der Waals surface area contributed by atoms with Gasteiger partial charge in [-0.05, 0) is 13.8 Å². The zero-order valence-electron chi connectivity index (χ0n) is 10.7. The molecule has 0 aromatic carbocycles. The first-order chi connectivity index (χ1) is 8.45. The second-order valence-electron chi connectivity index (χ2n) is 5.49. The molecule has 2 saturated heterocycles. The van der Waals surface area contributed by atoms with Crippen molar-refractivity contribution in [2.75, 3.05) is 32.7 Å². The smallest absolute Gasteiger partial charge is 0.320 e. The molecule has 100 valence electrons. The minimum absolute atomic E-state index is 0.0479. The van der Waals surface area contributed by atoms with Gasteiger partial charge in [-0.3, -0.25) is 4.79 Å². The highest BCUT2D eigenvalue weighted by molar-refractivity contribution is 5.84. The highest BCUT2D eigenvalue weighted by Crippen LogP contribution is 2.24. The molecule has 0 saturated carbocycles. The second-order valence-corrected chi connectivity index (χ2v) is 5.49. The van der Waals surface area contributed by atoms with E-state index in [-0.39, 0.29) is 18.6 Å². The summed E-state index contributed by atoms with van der Waals surface area (Å²) in [7, 11) is 0. The average Bonchev–Trinajstić information content (AvgIpc) is 2.65. The van der Waals surface area contributed by atoms with E-state index in [1.54, 1.807) is 18.7 Å². The zero-order valence-corrected chi connectivity index (χ0v) is 10.7. The largest absolute Gasteiger partial charge is 0.321 e. The number of nitrogens with zero attached hydrogens (tertiary/aromatic N) is 3. The lowest BCUT2D eigenvalue weighted by Crippen LogP contribution is -2.50. The predicted molar refractivity (Wildman–Crippen MR) is 64.9 cm³/mol. The molecule has 0 spiro atoms. The Bertz CT molecular complexity index is 382. The van der Waals surface area contributed by atoms with E-state index in [1.165, 1.54) is 0 Å². The van der Waals surface area contributed by atoms with Crippen LogP contribution in [0, 0.1) is 10.3 Å². The molecule has 0 unspecified atom stereocenters. The number of nitrogens with one attached hydrogen (secondary N) is 1. The van der Waals surface area contributed by atoms with Crippen molar-refractivity contribution < 1.29 is 9.59 Å². The van der Waals surface area contributed by atoms with Gasteiger partial charge in [-0.15, -0.1) is 4.91 Å². The molecule has 1 N–H and O–H groups in total. The van der Waals surface area contributed by atoms with Gasteiger partial charge in [0.25, 0.3) is 5.91 Å². The SMILES string of the molecule is CC(C)(CN1C[C@@H]2CNCCN2C1=O)C(=O)N=O. The minimum Gasteiger partial charge on any atom is -0.321 e. The molecule has 7 nitrogen and oxygen atoms in total. The Balaban J connectivity index is 2.04. The first-order valence-corrected chi connectivity index (χ1v) is 6.10. The molecular weight excluding hydrogens is 236 g/mol. The van der Waals surface area contributed by atoms with Crippen molar-refractivity contribution in [1.29, 1.82) is 0 Å². The first kappa shape index (κ1) is 12.9. The van der Waals surface area contributed by atoms with Crippen LogP contribution in [-0.2, 0) is 4.79 Å². The lowest BCUT2D eigenvalue weighted by atomic mass is 9.92. The van der Waals surface area contributed by atoms with Crippen molar-refractivity contribution in [1.82, 2.24) is 15.1 Å². The molecule has 7 heteroatoms. The Hall–Kier alpha value is -1.50. The number of piperazine rings is 1. The Labute approximate surface area is 105 Å². The minimum atomic E-state index is -0.917. The van der Waals surface area contributed by atoms with Crippen LogP contribution < -0.4 is 5.32 Å². The Kier molecular flexibility index (Phi) is 3.34. The monoisotopic (exact) mass is 254 g/mol. The quantitative estimate of drug-likeness (QED) is 0.719. The number of amides is 3. The van der Waals surface area contributed by atoms with E-state index in [0.29, 0.717) is 13.1 Å². The predicted octanol–water partition coefficient (Wildman–Crippen LogP) is 0.0150. The van der Waals surface area contributed by atoms with Crippen LogP contribution in [0.5, 0.6) is 0 Å². The van der Waals surface area contributed by atoms with E-state index in [4.69, 9.17) is 0 Å². The fourth-order valence-electron chi connectivity index (χ4n) is 2.49. The summed E-state index contributed by atoms with van der Waals surface area (Å²) in [4.78, 5) is 37.3. The van der Waals surface area contributed by atoms with Crippen LogP contribution in [0.3, 0.4) is 0 Å². The van der Waals surface area contributed by atoms with Gasteiger partial charge in [0.1, 0.15) is 0 Å². The normalized spacial score (nSPS) is 24.1. The van der Waals surface area contributed by atoms with Crippen molar-refractivity contribution in [2.45, 2.75) is 19.9 Å². The van der Waals surface area contributed by atoms with Gasteiger partial charge in [0, 0.05) is 37.9 Å². The van der Waals surface area contributed by atoms with Gasteiger partial charge in [-0.25, -0.2) is 4.79 Å². The summed E-state index contributed by atoms with van der Waals surface area (Å²) >= 11 is 0. The van der Waals surface area contributed by atoms with Crippen molar-refractivity contribution in [3.63, 3.8) is 0 Å². The van der Waals surface area contributed by atoms with Crippen LogP contribution in [0.2, 0.25) is 0 Å². The molecule has 0 aromatic heterocycles. The number of carbonyl (C=O) groups is 2. The lowest BCUT2D eigenvalue weighted by molar-refractivity contribution is -0.126. The van der Waals surface area contributed by atoms with Crippen LogP contribution in [0.1, 0.15) is 13.8 Å². The fraction of sp³-hybridized carbons (Fsp3) is 0.818. The van der Waals surface area contributed by atoms with E-state index >= 15 is 0 Å². The van der Waals surface area contributed by atoms with Gasteiger partial charge in [0.15, 0.2) is 0 Å². The van der Waals surface area contributed by atoms with Crippen LogP contribution in [0.4, 0.5) is 4.79 Å². The number of fused-ring (bicyclic) bond motifs is 1. The summed E-state index contributed by atoms with van der Waals surface area (Å²) in [5, 5.41) is 5.70. The van der Waals surface area contributed by atoms with Gasteiger partial charge in [0.05, 0.1) is 11.5 Å². The molecule has 0 bridgehead atoms. The highest BCUT2D eigenvalue weighted by atomic mass is 16.3. The molecule has 0 aliphatic carbocycles. The van der Waals surface area contributed by atoms with Gasteiger partial charge >= 0.3 is 6.03 Å². The number of urea groups is 1. The van der Waals surface area contributed by atoms with Crippen molar-refractivity contribution in [2.24, 2.45) is 10.6 Å². The number of rotatable bonds is 3. The van der Waals surface area contributed by atoms with Crippen LogP contribution in [0.25, 0.3) is 0 Å². The molecule has 2 fully saturated rings. The molecule has 2 aliphatic heterocycles. The Morgan fingerprint density at radius 3 is 2.89 bits per heavy atom. The molecular formula is C11H18N4O3. The lowest BCUT2D eigenvalue weighted by Gasteiger charge is -2.28. The summed E-state index contributed by atoms with van der Waals surface area (Å²) < 4.78 is 0. The maximum Gasteiger partial charge on any atom is 0.320 e. The van der Waals surface area contributed by atoms with E-state index in [0.717, 1.165) is 13.1 Å². The fourth-order valence-corrected chi connectivity index (χ4v) is 2.49. The maximum absolute atomic E-state index is 12.1. The Morgan fingerprint density at radius 1 is 1.56 bits per heavy atom. The first-order valence-electron chi connectivity index (χ1n) is 6.10. The summed E-state index contributed by atoms with van der Waals surface area (Å²) in [6.45, 7) is 6.39. The second kappa shape index (κ2) is 4.64. The molecule has 3 amide bonds. The van der Waals surface area contributed by atoms with Gasteiger partial charge < -0.3 is 15.1 Å². The molecule has 2 rings (SSSR count). The molecule has 18 heavy (non-hydrogen) atoms. The van der Waals surface area contributed by atoms with Crippen molar-refractivity contribution in [3.8, 4) is 0 Å².